The molecule has 4 heteroatoms. The van der Waals surface area contributed by atoms with Gasteiger partial charge in [0.2, 0.25) is 0 Å². The summed E-state index contributed by atoms with van der Waals surface area (Å²) in [6.45, 7) is 5.06. The maximum atomic E-state index is 5.68. The Morgan fingerprint density at radius 1 is 0.833 bits per heavy atom. The first kappa shape index (κ1) is 23.6. The summed E-state index contributed by atoms with van der Waals surface area (Å²) >= 11 is 0. The Balaban J connectivity index is 5.04. The lowest BCUT2D eigenvalue weighted by Gasteiger charge is -2.40. The van der Waals surface area contributed by atoms with Crippen molar-refractivity contribution in [2.24, 2.45) is 11.8 Å². The second-order valence-electron chi connectivity index (χ2n) is 6.35. The molecule has 144 valence electrons. The molecule has 0 fully saturated rings. The normalized spacial score (nSPS) is 15.1. The predicted molar refractivity (Wildman–Crippen MR) is 100 cm³/mol. The van der Waals surface area contributed by atoms with Gasteiger partial charge in [0.05, 0.1) is 0 Å². The van der Waals surface area contributed by atoms with Gasteiger partial charge in [0, 0.05) is 41.0 Å². The summed E-state index contributed by atoms with van der Waals surface area (Å²) in [6, 6.07) is 0. The predicted octanol–water partition coefficient (Wildman–Crippen LogP) is 5.18. The van der Waals surface area contributed by atoms with Gasteiger partial charge < -0.3 is 18.9 Å². The second-order valence-corrected chi connectivity index (χ2v) is 6.35. The van der Waals surface area contributed by atoms with E-state index in [-0.39, 0.29) is 5.92 Å². The maximum Gasteiger partial charge on any atom is 0.285 e. The van der Waals surface area contributed by atoms with Crippen LogP contribution >= 0.6 is 0 Å². The van der Waals surface area contributed by atoms with Crippen LogP contribution < -0.4 is 0 Å². The lowest BCUT2D eigenvalue weighted by Crippen LogP contribution is -2.47. The third-order valence-electron chi connectivity index (χ3n) is 4.77. The third kappa shape index (κ3) is 8.11. The first-order valence-corrected chi connectivity index (χ1v) is 9.42. The van der Waals surface area contributed by atoms with E-state index in [4.69, 9.17) is 18.9 Å². The van der Waals surface area contributed by atoms with Gasteiger partial charge >= 0.3 is 0 Å². The fraction of sp³-hybridized carbons (Fsp3) is 0.900. The molecule has 0 N–H and O–H groups in total. The first-order valence-electron chi connectivity index (χ1n) is 9.42. The third-order valence-corrected chi connectivity index (χ3v) is 4.77. The number of methoxy groups -OCH3 is 4. The van der Waals surface area contributed by atoms with Crippen LogP contribution in [-0.4, -0.2) is 41.0 Å². The van der Waals surface area contributed by atoms with Crippen molar-refractivity contribution >= 4 is 0 Å². The highest BCUT2D eigenvalue weighted by molar-refractivity contribution is 4.93. The van der Waals surface area contributed by atoms with Crippen LogP contribution in [0.1, 0.15) is 65.2 Å². The molecule has 0 aromatic heterocycles. The van der Waals surface area contributed by atoms with Crippen LogP contribution in [0.15, 0.2) is 12.2 Å². The van der Waals surface area contributed by atoms with Crippen molar-refractivity contribution in [2.45, 2.75) is 71.2 Å². The van der Waals surface area contributed by atoms with Gasteiger partial charge in [0.1, 0.15) is 0 Å². The standard InChI is InChI=1S/C20H40O4/c1-7-9-10-11-12-15-18(14-8-2)19(16-13-17-21-3)20(22-4,23-5)24-6/h8,14,18-19H,7,9-13,15-17H2,1-6H3. The zero-order chi connectivity index (χ0) is 18.3. The summed E-state index contributed by atoms with van der Waals surface area (Å²) in [5, 5.41) is 0. The highest BCUT2D eigenvalue weighted by Gasteiger charge is 2.43. The van der Waals surface area contributed by atoms with Crippen molar-refractivity contribution in [3.63, 3.8) is 0 Å². The van der Waals surface area contributed by atoms with Crippen LogP contribution in [0.3, 0.4) is 0 Å². The second kappa shape index (κ2) is 14.9. The van der Waals surface area contributed by atoms with Gasteiger partial charge in [-0.1, -0.05) is 51.2 Å². The summed E-state index contributed by atoms with van der Waals surface area (Å²) in [4.78, 5) is 0. The van der Waals surface area contributed by atoms with E-state index in [1.807, 2.05) is 0 Å². The maximum absolute atomic E-state index is 5.68. The van der Waals surface area contributed by atoms with E-state index in [9.17, 15) is 0 Å². The molecule has 0 aromatic rings. The van der Waals surface area contributed by atoms with E-state index < -0.39 is 5.97 Å². The van der Waals surface area contributed by atoms with Gasteiger partial charge in [-0.25, -0.2) is 0 Å². The van der Waals surface area contributed by atoms with Crippen molar-refractivity contribution in [1.82, 2.24) is 0 Å². The molecule has 2 unspecified atom stereocenters. The van der Waals surface area contributed by atoms with Crippen LogP contribution in [0.5, 0.6) is 0 Å². The van der Waals surface area contributed by atoms with Crippen molar-refractivity contribution < 1.29 is 18.9 Å². The average Bonchev–Trinajstić information content (AvgIpc) is 2.61. The number of rotatable bonds is 16. The molecule has 0 radical (unpaired) electrons. The Bertz CT molecular complexity index is 292. The SMILES string of the molecule is CC=CC(CCCCCCC)C(CCCOC)C(OC)(OC)OC. The number of ether oxygens (including phenoxy) is 4. The highest BCUT2D eigenvalue weighted by atomic mass is 16.9. The average molecular weight is 345 g/mol. The molecule has 4 nitrogen and oxygen atoms in total. The van der Waals surface area contributed by atoms with E-state index in [1.54, 1.807) is 28.4 Å². The van der Waals surface area contributed by atoms with E-state index in [0.717, 1.165) is 25.9 Å². The topological polar surface area (TPSA) is 36.9 Å². The lowest BCUT2D eigenvalue weighted by atomic mass is 9.82. The van der Waals surface area contributed by atoms with E-state index in [2.05, 4.69) is 26.0 Å². The van der Waals surface area contributed by atoms with Crippen molar-refractivity contribution in [2.75, 3.05) is 35.0 Å². The van der Waals surface area contributed by atoms with Gasteiger partial charge in [-0.15, -0.1) is 0 Å². The van der Waals surface area contributed by atoms with E-state index >= 15 is 0 Å². The van der Waals surface area contributed by atoms with Crippen molar-refractivity contribution in [3.8, 4) is 0 Å². The molecular weight excluding hydrogens is 304 g/mol. The summed E-state index contributed by atoms with van der Waals surface area (Å²) in [5.74, 6) is -0.496. The molecule has 0 aliphatic heterocycles. The molecule has 2 atom stereocenters. The summed E-state index contributed by atoms with van der Waals surface area (Å²) in [6.07, 6.45) is 13.9. The summed E-state index contributed by atoms with van der Waals surface area (Å²) < 4.78 is 22.3. The molecular formula is C20H40O4. The van der Waals surface area contributed by atoms with Crippen molar-refractivity contribution in [1.29, 1.82) is 0 Å². The van der Waals surface area contributed by atoms with Crippen LogP contribution in [0.2, 0.25) is 0 Å². The minimum Gasteiger partial charge on any atom is -0.385 e. The molecule has 0 aliphatic rings. The minimum absolute atomic E-state index is 0.134. The number of hydrogen-bond donors (Lipinski definition) is 0. The molecule has 24 heavy (non-hydrogen) atoms. The van der Waals surface area contributed by atoms with E-state index in [1.165, 1.54) is 32.1 Å². The van der Waals surface area contributed by atoms with Gasteiger partial charge in [-0.2, -0.15) is 0 Å². The zero-order valence-corrected chi connectivity index (χ0v) is 16.8. The Hall–Kier alpha value is -0.420. The summed E-state index contributed by atoms with van der Waals surface area (Å²) in [7, 11) is 6.71. The van der Waals surface area contributed by atoms with Gasteiger partial charge in [0.25, 0.3) is 5.97 Å². The van der Waals surface area contributed by atoms with Crippen LogP contribution in [0.4, 0.5) is 0 Å². The number of unbranched alkanes of at least 4 members (excludes halogenated alkanes) is 4. The molecule has 0 saturated heterocycles. The molecule has 0 heterocycles. The minimum atomic E-state index is -0.999. The quantitative estimate of drug-likeness (QED) is 0.220. The van der Waals surface area contributed by atoms with E-state index in [0.29, 0.717) is 5.92 Å². The highest BCUT2D eigenvalue weighted by Crippen LogP contribution is 2.37. The fourth-order valence-corrected chi connectivity index (χ4v) is 3.47. The Morgan fingerprint density at radius 3 is 1.96 bits per heavy atom. The molecule has 0 aliphatic carbocycles. The molecule has 0 bridgehead atoms. The number of allylic oxidation sites excluding steroid dienone is 2. The lowest BCUT2D eigenvalue weighted by molar-refractivity contribution is -0.384. The Kier molecular flexibility index (Phi) is 14.6. The smallest absolute Gasteiger partial charge is 0.285 e. The van der Waals surface area contributed by atoms with Crippen molar-refractivity contribution in [3.05, 3.63) is 12.2 Å². The van der Waals surface area contributed by atoms with Crippen LogP contribution in [0.25, 0.3) is 0 Å². The fourth-order valence-electron chi connectivity index (χ4n) is 3.47. The molecule has 0 rings (SSSR count). The molecule has 0 saturated carbocycles. The van der Waals surface area contributed by atoms with Gasteiger partial charge in [0.15, 0.2) is 0 Å². The van der Waals surface area contributed by atoms with Gasteiger partial charge in [-0.05, 0) is 32.1 Å². The molecule has 0 spiro atoms. The molecule has 0 aromatic carbocycles. The van der Waals surface area contributed by atoms with Gasteiger partial charge in [-0.3, -0.25) is 0 Å². The first-order chi connectivity index (χ1) is 11.7. The largest absolute Gasteiger partial charge is 0.385 e. The Labute approximate surface area is 149 Å². The zero-order valence-electron chi connectivity index (χ0n) is 16.8. The monoisotopic (exact) mass is 344 g/mol. The Morgan fingerprint density at radius 2 is 1.46 bits per heavy atom. The number of hydrogen-bond acceptors (Lipinski definition) is 4. The van der Waals surface area contributed by atoms with Crippen LogP contribution in [-0.2, 0) is 18.9 Å². The molecule has 0 amide bonds. The van der Waals surface area contributed by atoms with Crippen LogP contribution in [0, 0.1) is 11.8 Å². The summed E-state index contributed by atoms with van der Waals surface area (Å²) in [5.41, 5.74) is 0.